The van der Waals surface area contributed by atoms with E-state index in [4.69, 9.17) is 16.6 Å². The van der Waals surface area contributed by atoms with Crippen molar-refractivity contribution in [2.24, 2.45) is 4.99 Å². The van der Waals surface area contributed by atoms with E-state index < -0.39 is 0 Å². The monoisotopic (exact) mass is 326 g/mol. The smallest absolute Gasteiger partial charge is 0.114 e. The van der Waals surface area contributed by atoms with Crippen molar-refractivity contribution in [2.75, 3.05) is 5.75 Å². The van der Waals surface area contributed by atoms with E-state index in [1.807, 2.05) is 30.0 Å². The van der Waals surface area contributed by atoms with Crippen molar-refractivity contribution >= 4 is 39.3 Å². The van der Waals surface area contributed by atoms with E-state index in [0.717, 1.165) is 38.8 Å². The largest absolute Gasteiger partial charge is 0.353 e. The van der Waals surface area contributed by atoms with E-state index in [1.54, 1.807) is 0 Å². The summed E-state index contributed by atoms with van der Waals surface area (Å²) >= 11 is 7.88. The van der Waals surface area contributed by atoms with Gasteiger partial charge >= 0.3 is 0 Å². The molecule has 4 rings (SSSR count). The van der Waals surface area contributed by atoms with Gasteiger partial charge in [0.25, 0.3) is 0 Å². The molecule has 0 bridgehead atoms. The molecule has 1 aliphatic rings. The number of aliphatic imine (C=N–C) groups is 1. The van der Waals surface area contributed by atoms with E-state index in [2.05, 4.69) is 41.4 Å². The Labute approximate surface area is 138 Å². The number of H-pyrrole nitrogens is 1. The van der Waals surface area contributed by atoms with Gasteiger partial charge in [0.2, 0.25) is 0 Å². The number of nitrogens with zero attached hydrogens (tertiary/aromatic N) is 1. The van der Waals surface area contributed by atoms with Gasteiger partial charge in [0.15, 0.2) is 0 Å². The molecule has 4 heteroatoms. The molecule has 1 aliphatic heterocycles. The third-order valence-electron chi connectivity index (χ3n) is 3.84. The summed E-state index contributed by atoms with van der Waals surface area (Å²) in [4.78, 5) is 8.33. The summed E-state index contributed by atoms with van der Waals surface area (Å²) in [6.45, 7) is 0. The van der Waals surface area contributed by atoms with Crippen molar-refractivity contribution in [2.45, 2.75) is 12.5 Å². The van der Waals surface area contributed by atoms with Gasteiger partial charge in [0.1, 0.15) is 5.04 Å². The zero-order valence-corrected chi connectivity index (χ0v) is 13.5. The Kier molecular flexibility index (Phi) is 3.68. The number of thioether (sulfide) groups is 1. The fraction of sp³-hybridized carbons (Fsp3) is 0.167. The first-order valence-corrected chi connectivity index (χ1v) is 8.67. The van der Waals surface area contributed by atoms with Crippen molar-refractivity contribution in [1.82, 2.24) is 4.98 Å². The predicted molar refractivity (Wildman–Crippen MR) is 96.2 cm³/mol. The molecule has 1 aromatic heterocycles. The summed E-state index contributed by atoms with van der Waals surface area (Å²) < 4.78 is 0. The molecule has 1 N–H and O–H groups in total. The number of rotatable bonds is 3. The minimum atomic E-state index is 0.359. The first kappa shape index (κ1) is 13.9. The van der Waals surface area contributed by atoms with Gasteiger partial charge in [-0.2, -0.15) is 0 Å². The highest BCUT2D eigenvalue weighted by molar-refractivity contribution is 8.14. The number of benzene rings is 2. The van der Waals surface area contributed by atoms with Gasteiger partial charge in [0.05, 0.1) is 11.7 Å². The van der Waals surface area contributed by atoms with Gasteiger partial charge < -0.3 is 4.98 Å². The first-order chi connectivity index (χ1) is 10.8. The molecule has 2 aromatic carbocycles. The second kappa shape index (κ2) is 5.82. The fourth-order valence-corrected chi connectivity index (χ4v) is 3.98. The Bertz CT molecular complexity index is 839. The molecule has 2 nitrogen and oxygen atoms in total. The Morgan fingerprint density at radius 1 is 1.14 bits per heavy atom. The van der Waals surface area contributed by atoms with E-state index in [9.17, 15) is 0 Å². The molecule has 22 heavy (non-hydrogen) atoms. The van der Waals surface area contributed by atoms with Gasteiger partial charge in [-0.3, -0.25) is 4.99 Å². The van der Waals surface area contributed by atoms with Crippen LogP contribution in [0.5, 0.6) is 0 Å². The van der Waals surface area contributed by atoms with Crippen molar-refractivity contribution in [3.05, 3.63) is 70.9 Å². The third-order valence-corrected chi connectivity index (χ3v) is 5.22. The highest BCUT2D eigenvalue weighted by Gasteiger charge is 2.21. The molecule has 110 valence electrons. The Morgan fingerprint density at radius 3 is 2.86 bits per heavy atom. The van der Waals surface area contributed by atoms with Crippen LogP contribution in [0.4, 0.5) is 0 Å². The maximum Gasteiger partial charge on any atom is 0.114 e. The molecule has 0 amide bonds. The van der Waals surface area contributed by atoms with Crippen LogP contribution in [0, 0.1) is 0 Å². The molecule has 0 saturated heterocycles. The van der Waals surface area contributed by atoms with Crippen LogP contribution in [0.25, 0.3) is 10.9 Å². The number of halogens is 1. The normalized spacial score (nSPS) is 17.9. The standard InChI is InChI=1S/C18H15ClN2S/c19-14-6-7-16-13(9-14)10-17(21-16)18-20-15(11-22-18)8-12-4-2-1-3-5-12/h1-7,9-10,15,21H,8,11H2. The lowest BCUT2D eigenvalue weighted by molar-refractivity contribution is 0.762. The lowest BCUT2D eigenvalue weighted by Crippen LogP contribution is -2.07. The maximum atomic E-state index is 6.05. The molecule has 0 aliphatic carbocycles. The lowest BCUT2D eigenvalue weighted by Gasteiger charge is -2.04. The Hall–Kier alpha value is -1.71. The highest BCUT2D eigenvalue weighted by atomic mass is 35.5. The number of fused-ring (bicyclic) bond motifs is 1. The minimum absolute atomic E-state index is 0.359. The van der Waals surface area contributed by atoms with Gasteiger partial charge in [-0.05, 0) is 36.2 Å². The number of aromatic nitrogens is 1. The first-order valence-electron chi connectivity index (χ1n) is 7.31. The predicted octanol–water partition coefficient (Wildman–Crippen LogP) is 4.93. The molecule has 1 atom stereocenters. The van der Waals surface area contributed by atoms with E-state index in [1.165, 1.54) is 5.56 Å². The van der Waals surface area contributed by atoms with Crippen LogP contribution in [0.15, 0.2) is 59.6 Å². The van der Waals surface area contributed by atoms with Gasteiger partial charge in [-0.15, -0.1) is 11.8 Å². The molecule has 1 unspecified atom stereocenters. The number of hydrogen-bond donors (Lipinski definition) is 1. The summed E-state index contributed by atoms with van der Waals surface area (Å²) in [6, 6.07) is 19.0. The zero-order chi connectivity index (χ0) is 14.9. The van der Waals surface area contributed by atoms with E-state index >= 15 is 0 Å². The topological polar surface area (TPSA) is 28.1 Å². The number of aromatic amines is 1. The number of hydrogen-bond acceptors (Lipinski definition) is 2. The summed E-state index contributed by atoms with van der Waals surface area (Å²) in [6.07, 6.45) is 1.00. The molecule has 3 aromatic rings. The molecule has 0 fully saturated rings. The van der Waals surface area contributed by atoms with Gasteiger partial charge in [-0.25, -0.2) is 0 Å². The highest BCUT2D eigenvalue weighted by Crippen LogP contribution is 2.28. The van der Waals surface area contributed by atoms with Crippen molar-refractivity contribution < 1.29 is 0 Å². The molecular formula is C18H15ClN2S. The van der Waals surface area contributed by atoms with Crippen LogP contribution in [-0.4, -0.2) is 21.8 Å². The second-order valence-corrected chi connectivity index (χ2v) is 6.95. The van der Waals surface area contributed by atoms with Crippen LogP contribution in [0.3, 0.4) is 0 Å². The molecule has 0 radical (unpaired) electrons. The van der Waals surface area contributed by atoms with Crippen molar-refractivity contribution in [1.29, 1.82) is 0 Å². The fourth-order valence-electron chi connectivity index (χ4n) is 2.77. The second-order valence-electron chi connectivity index (χ2n) is 5.50. The minimum Gasteiger partial charge on any atom is -0.353 e. The maximum absolute atomic E-state index is 6.05. The van der Waals surface area contributed by atoms with Crippen molar-refractivity contribution in [3.63, 3.8) is 0 Å². The quantitative estimate of drug-likeness (QED) is 0.726. The molecule has 0 saturated carbocycles. The molecular weight excluding hydrogens is 312 g/mol. The zero-order valence-electron chi connectivity index (χ0n) is 11.9. The van der Waals surface area contributed by atoms with Crippen LogP contribution < -0.4 is 0 Å². The van der Waals surface area contributed by atoms with Crippen LogP contribution in [-0.2, 0) is 6.42 Å². The van der Waals surface area contributed by atoms with E-state index in [-0.39, 0.29) is 0 Å². The number of nitrogens with one attached hydrogen (secondary N) is 1. The summed E-state index contributed by atoms with van der Waals surface area (Å²) in [7, 11) is 0. The summed E-state index contributed by atoms with van der Waals surface area (Å²) in [5, 5.41) is 3.01. The van der Waals surface area contributed by atoms with Crippen LogP contribution in [0.1, 0.15) is 11.3 Å². The summed E-state index contributed by atoms with van der Waals surface area (Å²) in [5.41, 5.74) is 3.55. The van der Waals surface area contributed by atoms with Gasteiger partial charge in [-0.1, -0.05) is 41.9 Å². The average Bonchev–Trinajstić information content (AvgIpc) is 3.14. The average molecular weight is 327 g/mol. The molecule has 0 spiro atoms. The Morgan fingerprint density at radius 2 is 2.00 bits per heavy atom. The Balaban J connectivity index is 1.58. The third kappa shape index (κ3) is 2.79. The molecule has 2 heterocycles. The summed E-state index contributed by atoms with van der Waals surface area (Å²) in [5.74, 6) is 1.04. The SMILES string of the molecule is Clc1ccc2[nH]c(C3=NC(Cc4ccccc4)CS3)cc2c1. The van der Waals surface area contributed by atoms with Gasteiger partial charge in [0, 0.05) is 21.7 Å². The van der Waals surface area contributed by atoms with E-state index in [0.29, 0.717) is 6.04 Å². The van der Waals surface area contributed by atoms with Crippen LogP contribution in [0.2, 0.25) is 5.02 Å². The van der Waals surface area contributed by atoms with Crippen LogP contribution >= 0.6 is 23.4 Å². The van der Waals surface area contributed by atoms with Crippen molar-refractivity contribution in [3.8, 4) is 0 Å². The lowest BCUT2D eigenvalue weighted by atomic mass is 10.1.